The highest BCUT2D eigenvalue weighted by molar-refractivity contribution is 7.13. The summed E-state index contributed by atoms with van der Waals surface area (Å²) in [6.07, 6.45) is 0.172. The van der Waals surface area contributed by atoms with Gasteiger partial charge in [-0.15, -0.1) is 11.3 Å². The number of ether oxygens (including phenoxy) is 2. The molecule has 2 aromatic carbocycles. The van der Waals surface area contributed by atoms with E-state index in [0.29, 0.717) is 29.6 Å². The zero-order valence-electron chi connectivity index (χ0n) is 21.0. The van der Waals surface area contributed by atoms with E-state index in [1.807, 2.05) is 54.8 Å². The molecule has 1 aliphatic rings. The first-order chi connectivity index (χ1) is 17.9. The third-order valence-corrected chi connectivity index (χ3v) is 7.24. The summed E-state index contributed by atoms with van der Waals surface area (Å²) in [5.74, 6) is 1.12. The van der Waals surface area contributed by atoms with Crippen LogP contribution >= 0.6 is 11.3 Å². The molecule has 0 bridgehead atoms. The molecule has 4 aromatic rings. The van der Waals surface area contributed by atoms with Gasteiger partial charge in [0.25, 0.3) is 0 Å². The summed E-state index contributed by atoms with van der Waals surface area (Å²) in [5.41, 5.74) is 4.26. The number of hydrogen-bond acceptors (Lipinski definition) is 7. The van der Waals surface area contributed by atoms with E-state index in [1.54, 1.807) is 36.9 Å². The molecule has 190 valence electrons. The Kier molecular flexibility index (Phi) is 6.66. The molecule has 5 rings (SSSR count). The van der Waals surface area contributed by atoms with E-state index in [9.17, 15) is 9.59 Å². The summed E-state index contributed by atoms with van der Waals surface area (Å²) in [6, 6.07) is 15.2. The zero-order chi connectivity index (χ0) is 26.1. The van der Waals surface area contributed by atoms with Crippen molar-refractivity contribution in [3.05, 3.63) is 59.5 Å². The number of carbonyl (C=O) groups is 2. The van der Waals surface area contributed by atoms with Gasteiger partial charge in [-0.2, -0.15) is 5.10 Å². The normalized spacial score (nSPS) is 15.2. The van der Waals surface area contributed by atoms with Crippen LogP contribution in [0.25, 0.3) is 22.0 Å². The molecule has 1 fully saturated rings. The van der Waals surface area contributed by atoms with Crippen LogP contribution < -0.4 is 19.7 Å². The van der Waals surface area contributed by atoms with Crippen LogP contribution in [-0.2, 0) is 16.6 Å². The molecular weight excluding hydrogens is 490 g/mol. The molecular formula is C27H27N5O4S. The Balaban J connectivity index is 1.29. The molecule has 0 radical (unpaired) electrons. The molecule has 0 saturated carbocycles. The van der Waals surface area contributed by atoms with E-state index in [4.69, 9.17) is 14.5 Å². The van der Waals surface area contributed by atoms with Gasteiger partial charge in [0.05, 0.1) is 25.8 Å². The predicted octanol–water partition coefficient (Wildman–Crippen LogP) is 4.53. The fourth-order valence-corrected chi connectivity index (χ4v) is 5.08. The van der Waals surface area contributed by atoms with Crippen molar-refractivity contribution in [3.8, 4) is 33.5 Å². The number of aromatic nitrogens is 3. The Morgan fingerprint density at radius 3 is 2.54 bits per heavy atom. The average molecular weight is 518 g/mol. The number of amides is 2. The Hall–Kier alpha value is -4.18. The average Bonchev–Trinajstić information content (AvgIpc) is 3.63. The van der Waals surface area contributed by atoms with E-state index < -0.39 is 5.92 Å². The van der Waals surface area contributed by atoms with Crippen molar-refractivity contribution in [2.75, 3.05) is 31.0 Å². The Labute approximate surface area is 218 Å². The fraction of sp³-hybridized carbons (Fsp3) is 0.259. The number of hydrogen-bond donors (Lipinski definition) is 1. The summed E-state index contributed by atoms with van der Waals surface area (Å²) in [6.45, 7) is 2.34. The van der Waals surface area contributed by atoms with Crippen LogP contribution in [0.4, 0.5) is 11.5 Å². The topological polar surface area (TPSA) is 98.6 Å². The van der Waals surface area contributed by atoms with Crippen LogP contribution in [0.15, 0.2) is 53.9 Å². The lowest BCUT2D eigenvalue weighted by Crippen LogP contribution is -2.28. The Morgan fingerprint density at radius 1 is 1.05 bits per heavy atom. The van der Waals surface area contributed by atoms with Crippen molar-refractivity contribution < 1.29 is 19.1 Å². The van der Waals surface area contributed by atoms with Gasteiger partial charge in [0.1, 0.15) is 16.5 Å². The predicted molar refractivity (Wildman–Crippen MR) is 143 cm³/mol. The summed E-state index contributed by atoms with van der Waals surface area (Å²) < 4.78 is 12.3. The molecule has 1 N–H and O–H groups in total. The lowest BCUT2D eigenvalue weighted by molar-refractivity contribution is -0.122. The summed E-state index contributed by atoms with van der Waals surface area (Å²) >= 11 is 1.46. The highest BCUT2D eigenvalue weighted by Gasteiger charge is 2.35. The maximum Gasteiger partial charge on any atom is 0.230 e. The minimum Gasteiger partial charge on any atom is -0.493 e. The summed E-state index contributed by atoms with van der Waals surface area (Å²) in [4.78, 5) is 32.0. The molecule has 2 aromatic heterocycles. The van der Waals surface area contributed by atoms with Crippen molar-refractivity contribution in [2.24, 2.45) is 13.0 Å². The highest BCUT2D eigenvalue weighted by Crippen LogP contribution is 2.35. The molecule has 3 heterocycles. The van der Waals surface area contributed by atoms with Crippen molar-refractivity contribution >= 4 is 34.7 Å². The van der Waals surface area contributed by atoms with Gasteiger partial charge in [0.2, 0.25) is 11.8 Å². The quantitative estimate of drug-likeness (QED) is 0.387. The number of rotatable bonds is 7. The van der Waals surface area contributed by atoms with Gasteiger partial charge in [-0.25, -0.2) is 4.98 Å². The molecule has 9 nitrogen and oxygen atoms in total. The van der Waals surface area contributed by atoms with Crippen molar-refractivity contribution in [2.45, 2.75) is 13.3 Å². The first kappa shape index (κ1) is 24.5. The van der Waals surface area contributed by atoms with E-state index in [2.05, 4.69) is 10.4 Å². The minimum atomic E-state index is -0.441. The molecule has 1 aliphatic heterocycles. The summed E-state index contributed by atoms with van der Waals surface area (Å²) in [5, 5.41) is 10.2. The summed E-state index contributed by atoms with van der Waals surface area (Å²) in [7, 11) is 4.96. The largest absolute Gasteiger partial charge is 0.493 e. The first-order valence-electron chi connectivity index (χ1n) is 11.8. The van der Waals surface area contributed by atoms with Gasteiger partial charge in [-0.3, -0.25) is 14.3 Å². The number of carbonyl (C=O) groups excluding carboxylic acids is 2. The molecule has 10 heteroatoms. The third-order valence-electron chi connectivity index (χ3n) is 6.38. The SMILES string of the molecule is COc1ccc(-c2csc(-c3cc(NC(=O)C4CC(=O)N(c5ccc(C)cc5)C4)n(C)n3)n2)cc1OC. The number of thiazole rings is 1. The first-order valence-corrected chi connectivity index (χ1v) is 12.6. The maximum absolute atomic E-state index is 13.0. The van der Waals surface area contributed by atoms with Gasteiger partial charge < -0.3 is 19.7 Å². The van der Waals surface area contributed by atoms with E-state index in [1.165, 1.54) is 11.3 Å². The van der Waals surface area contributed by atoms with Gasteiger partial charge in [-0.05, 0) is 37.3 Å². The van der Waals surface area contributed by atoms with Crippen LogP contribution in [0, 0.1) is 12.8 Å². The third kappa shape index (κ3) is 4.92. The second-order valence-electron chi connectivity index (χ2n) is 8.88. The van der Waals surface area contributed by atoms with Crippen LogP contribution in [0.5, 0.6) is 11.5 Å². The number of benzene rings is 2. The number of nitrogens with zero attached hydrogens (tertiary/aromatic N) is 4. The minimum absolute atomic E-state index is 0.0554. The van der Waals surface area contributed by atoms with Gasteiger partial charge in [0.15, 0.2) is 11.5 Å². The molecule has 0 aliphatic carbocycles. The van der Waals surface area contributed by atoms with Crippen molar-refractivity contribution in [1.82, 2.24) is 14.8 Å². The number of nitrogens with one attached hydrogen (secondary N) is 1. The number of methoxy groups -OCH3 is 2. The monoisotopic (exact) mass is 517 g/mol. The lowest BCUT2D eigenvalue weighted by atomic mass is 10.1. The molecule has 1 atom stereocenters. The molecule has 1 saturated heterocycles. The van der Waals surface area contributed by atoms with Crippen LogP contribution in [0.3, 0.4) is 0 Å². The number of aryl methyl sites for hydroxylation is 2. The highest BCUT2D eigenvalue weighted by atomic mass is 32.1. The fourth-order valence-electron chi connectivity index (χ4n) is 4.29. The van der Waals surface area contributed by atoms with Crippen LogP contribution in [-0.4, -0.2) is 47.3 Å². The Morgan fingerprint density at radius 2 is 1.81 bits per heavy atom. The standard InChI is InChI=1S/C27H27N5O4S/c1-16-5-8-19(9-6-16)32-14-18(12-25(32)33)26(34)29-24-13-20(30-31(24)2)27-28-21(15-37-27)17-7-10-22(35-3)23(11-17)36-4/h5-11,13,15,18H,12,14H2,1-4H3,(H,29,34). The molecule has 0 spiro atoms. The van der Waals surface area contributed by atoms with Crippen molar-refractivity contribution in [3.63, 3.8) is 0 Å². The van der Waals surface area contributed by atoms with E-state index in [-0.39, 0.29) is 18.2 Å². The maximum atomic E-state index is 13.0. The van der Waals surface area contributed by atoms with E-state index >= 15 is 0 Å². The van der Waals surface area contributed by atoms with Crippen LogP contribution in [0.2, 0.25) is 0 Å². The van der Waals surface area contributed by atoms with Gasteiger partial charge in [-0.1, -0.05) is 17.7 Å². The molecule has 2 amide bonds. The number of anilines is 2. The smallest absolute Gasteiger partial charge is 0.230 e. The molecule has 37 heavy (non-hydrogen) atoms. The lowest BCUT2D eigenvalue weighted by Gasteiger charge is -2.17. The van der Waals surface area contributed by atoms with Crippen molar-refractivity contribution in [1.29, 1.82) is 0 Å². The van der Waals surface area contributed by atoms with Crippen LogP contribution in [0.1, 0.15) is 12.0 Å². The molecule has 1 unspecified atom stereocenters. The van der Waals surface area contributed by atoms with Gasteiger partial charge >= 0.3 is 0 Å². The second-order valence-corrected chi connectivity index (χ2v) is 9.73. The van der Waals surface area contributed by atoms with E-state index in [0.717, 1.165) is 27.5 Å². The zero-order valence-corrected chi connectivity index (χ0v) is 21.8. The van der Waals surface area contributed by atoms with Gasteiger partial charge in [0, 0.05) is 42.7 Å². The second kappa shape index (κ2) is 10.1. The Bertz CT molecular complexity index is 1460.